The maximum atomic E-state index is 12.9. The Morgan fingerprint density at radius 1 is 0.299 bits per heavy atom. The fourth-order valence-corrected chi connectivity index (χ4v) is 11.7. The zero-order valence-electron chi connectivity index (χ0n) is 61.0. The summed E-state index contributed by atoms with van der Waals surface area (Å²) < 4.78 is 61.0. The lowest BCUT2D eigenvalue weighted by Crippen LogP contribution is -2.30. The molecule has 0 bridgehead atoms. The highest BCUT2D eigenvalue weighted by molar-refractivity contribution is 7.47. The van der Waals surface area contributed by atoms with Crippen molar-refractivity contribution in [1.29, 1.82) is 0 Å². The Labute approximate surface area is 590 Å². The number of allylic oxidation sites excluding steroid dienone is 18. The fraction of sp³-hybridized carbons (Fsp3) is 0.734. The van der Waals surface area contributed by atoms with E-state index in [0.29, 0.717) is 19.3 Å². The molecule has 97 heavy (non-hydrogen) atoms. The van der Waals surface area contributed by atoms with Crippen molar-refractivity contribution in [2.24, 2.45) is 0 Å². The predicted octanol–water partition coefficient (Wildman–Crippen LogP) is 22.0. The Hall–Kier alpha value is -3.79. The summed E-state index contributed by atoms with van der Waals surface area (Å²) in [6.07, 6.45) is 82.9. The van der Waals surface area contributed by atoms with Crippen molar-refractivity contribution in [2.45, 2.75) is 334 Å². The monoisotopic (exact) mass is 1400 g/mol. The summed E-state index contributed by atoms with van der Waals surface area (Å²) in [7, 11) is -9.78. The first-order valence-corrected chi connectivity index (χ1v) is 41.2. The molecular formula is C79H138O16P2. The number of phosphoric acid groups is 2. The van der Waals surface area contributed by atoms with Crippen LogP contribution in [-0.4, -0.2) is 95.9 Å². The van der Waals surface area contributed by atoms with Crippen LogP contribution in [0.25, 0.3) is 0 Å². The van der Waals surface area contributed by atoms with Crippen molar-refractivity contribution in [3.63, 3.8) is 0 Å². The van der Waals surface area contributed by atoms with Gasteiger partial charge in [0.2, 0.25) is 0 Å². The van der Waals surface area contributed by atoms with Gasteiger partial charge in [0.1, 0.15) is 25.4 Å². The lowest BCUT2D eigenvalue weighted by Gasteiger charge is -2.21. The van der Waals surface area contributed by atoms with Crippen molar-refractivity contribution in [2.75, 3.05) is 39.6 Å². The summed E-state index contributed by atoms with van der Waals surface area (Å²) in [5.74, 6) is -1.60. The number of esters is 3. The van der Waals surface area contributed by atoms with E-state index >= 15 is 0 Å². The van der Waals surface area contributed by atoms with Gasteiger partial charge >= 0.3 is 33.6 Å². The molecule has 16 nitrogen and oxygen atoms in total. The number of hydrogen-bond acceptors (Lipinski definition) is 14. The Balaban J connectivity index is 4.46. The molecule has 0 aromatic heterocycles. The SMILES string of the molecule is CC/C=C\C/C=C\C/C=C\C/C=C\C/C=C\C/C=C\CCCCCCCCCCCCCCC(=O)OCC(O)COP(=O)(O)OCC(O)COP(=O)(O)OCC(COC(=O)CCCCCCC/C=C\C/C=C\CCCCC)OC(=O)CCCCCCC/C=C\CCCCCCCC. The third kappa shape index (κ3) is 73.3. The Morgan fingerprint density at radius 2 is 0.546 bits per heavy atom. The van der Waals surface area contributed by atoms with Crippen LogP contribution in [0.4, 0.5) is 0 Å². The Kier molecular flexibility index (Phi) is 69.2. The minimum absolute atomic E-state index is 0.0924. The van der Waals surface area contributed by atoms with E-state index in [-0.39, 0.29) is 19.3 Å². The molecular weight excluding hydrogens is 1270 g/mol. The molecule has 0 aromatic carbocycles. The van der Waals surface area contributed by atoms with Crippen LogP contribution in [0.1, 0.15) is 316 Å². The molecule has 0 fully saturated rings. The number of carbonyl (C=O) groups excluding carboxylic acids is 3. The normalized spacial score (nSPS) is 14.7. The topological polar surface area (TPSA) is 231 Å². The fourth-order valence-electron chi connectivity index (χ4n) is 10.1. The van der Waals surface area contributed by atoms with E-state index in [0.717, 1.165) is 148 Å². The molecule has 4 N–H and O–H groups in total. The van der Waals surface area contributed by atoms with Crippen molar-refractivity contribution >= 4 is 33.6 Å². The van der Waals surface area contributed by atoms with Gasteiger partial charge in [0.25, 0.3) is 0 Å². The van der Waals surface area contributed by atoms with Gasteiger partial charge in [-0.2, -0.15) is 0 Å². The van der Waals surface area contributed by atoms with Gasteiger partial charge in [-0.3, -0.25) is 32.5 Å². The van der Waals surface area contributed by atoms with E-state index in [2.05, 4.69) is 130 Å². The van der Waals surface area contributed by atoms with Crippen molar-refractivity contribution < 1.29 is 75.8 Å². The maximum Gasteiger partial charge on any atom is 0.472 e. The maximum absolute atomic E-state index is 12.9. The number of aliphatic hydroxyl groups excluding tert-OH is 2. The van der Waals surface area contributed by atoms with Crippen molar-refractivity contribution in [3.8, 4) is 0 Å². The second-order valence-electron chi connectivity index (χ2n) is 25.4. The highest BCUT2D eigenvalue weighted by Crippen LogP contribution is 2.45. The van der Waals surface area contributed by atoms with Gasteiger partial charge in [-0.15, -0.1) is 0 Å². The highest BCUT2D eigenvalue weighted by atomic mass is 31.2. The smallest absolute Gasteiger partial charge is 0.463 e. The van der Waals surface area contributed by atoms with Crippen LogP contribution < -0.4 is 0 Å². The van der Waals surface area contributed by atoms with Crippen LogP contribution in [0.2, 0.25) is 0 Å². The third-order valence-corrected chi connectivity index (χ3v) is 17.9. The van der Waals surface area contributed by atoms with Crippen molar-refractivity contribution in [3.05, 3.63) is 109 Å². The van der Waals surface area contributed by atoms with E-state index in [1.54, 1.807) is 0 Å². The van der Waals surface area contributed by atoms with Crippen LogP contribution in [-0.2, 0) is 55.8 Å². The van der Waals surface area contributed by atoms with Gasteiger partial charge in [0, 0.05) is 19.3 Å². The van der Waals surface area contributed by atoms with Gasteiger partial charge in [0.05, 0.1) is 26.4 Å². The molecule has 0 amide bonds. The summed E-state index contributed by atoms with van der Waals surface area (Å²) in [5, 5.41) is 20.6. The zero-order chi connectivity index (χ0) is 70.9. The molecule has 5 unspecified atom stereocenters. The minimum Gasteiger partial charge on any atom is -0.463 e. The van der Waals surface area contributed by atoms with Crippen LogP contribution in [0, 0.1) is 0 Å². The number of ether oxygens (including phenoxy) is 3. The zero-order valence-corrected chi connectivity index (χ0v) is 62.8. The first kappa shape index (κ1) is 93.2. The lowest BCUT2D eigenvalue weighted by atomic mass is 10.0. The summed E-state index contributed by atoms with van der Waals surface area (Å²) in [6.45, 7) is 2.52. The van der Waals surface area contributed by atoms with Crippen LogP contribution in [0.5, 0.6) is 0 Å². The number of aliphatic hydroxyl groups is 2. The number of unbranched alkanes of at least 4 members (excludes halogenated alkanes) is 31. The van der Waals surface area contributed by atoms with Gasteiger partial charge in [0.15, 0.2) is 6.10 Å². The van der Waals surface area contributed by atoms with Gasteiger partial charge in [-0.25, -0.2) is 9.13 Å². The average Bonchev–Trinajstić information content (AvgIpc) is 1.84. The molecule has 0 spiro atoms. The van der Waals surface area contributed by atoms with Crippen LogP contribution in [0.3, 0.4) is 0 Å². The molecule has 0 heterocycles. The molecule has 0 aliphatic carbocycles. The summed E-state index contributed by atoms with van der Waals surface area (Å²) in [6, 6.07) is 0. The molecule has 0 radical (unpaired) electrons. The van der Waals surface area contributed by atoms with E-state index < -0.39 is 91.5 Å². The Bertz CT molecular complexity index is 2200. The third-order valence-electron chi connectivity index (χ3n) is 16.0. The molecule has 560 valence electrons. The molecule has 0 aliphatic rings. The second kappa shape index (κ2) is 72.0. The summed E-state index contributed by atoms with van der Waals surface area (Å²) in [4.78, 5) is 58.5. The first-order chi connectivity index (χ1) is 47.2. The number of rotatable bonds is 72. The molecule has 0 saturated heterocycles. The van der Waals surface area contributed by atoms with Gasteiger partial charge in [-0.1, -0.05) is 278 Å². The van der Waals surface area contributed by atoms with Crippen LogP contribution >= 0.6 is 15.6 Å². The molecule has 5 atom stereocenters. The van der Waals surface area contributed by atoms with E-state index in [9.17, 15) is 43.5 Å². The summed E-state index contributed by atoms with van der Waals surface area (Å²) in [5.41, 5.74) is 0. The largest absolute Gasteiger partial charge is 0.472 e. The summed E-state index contributed by atoms with van der Waals surface area (Å²) >= 11 is 0. The van der Waals surface area contributed by atoms with E-state index in [1.165, 1.54) is 109 Å². The molecule has 0 aliphatic heterocycles. The quantitative estimate of drug-likeness (QED) is 0.0146. The first-order valence-electron chi connectivity index (χ1n) is 38.2. The van der Waals surface area contributed by atoms with E-state index in [1.807, 2.05) is 0 Å². The molecule has 0 saturated carbocycles. The number of phosphoric ester groups is 2. The average molecular weight is 1410 g/mol. The van der Waals surface area contributed by atoms with Gasteiger partial charge < -0.3 is 34.2 Å². The standard InChI is InChI=1S/C79H138O16P2/c1-4-7-10-13-16-19-22-25-28-29-30-31-32-33-34-35-36-37-38-39-40-41-42-43-46-48-50-53-56-59-62-65-77(82)89-68-74(80)69-91-96(85,86)92-70-75(81)71-93-97(87,88)94-73-76(95-79(84)67-64-61-58-55-52-49-45-27-24-21-18-15-12-9-6-3)72-90-78(83)66-63-60-57-54-51-47-44-26-23-20-17-14-11-8-5-2/h7,10,16-17,19-20,25-28,30-31,33-34,36-37,44-45,74-76,80-81H,4-6,8-9,11-15,18,21-24,29,32,35,38-43,46-73H2,1-3H3,(H,85,86)(H,87,88)/b10-7-,19-16-,20-17-,28-25-,31-30-,34-33-,37-36-,44-26-,45-27-. The predicted molar refractivity (Wildman–Crippen MR) is 399 cm³/mol. The molecule has 0 rings (SSSR count). The van der Waals surface area contributed by atoms with Crippen molar-refractivity contribution in [1.82, 2.24) is 0 Å². The van der Waals surface area contributed by atoms with Crippen LogP contribution in [0.15, 0.2) is 109 Å². The molecule has 18 heteroatoms. The minimum atomic E-state index is -4.93. The lowest BCUT2D eigenvalue weighted by molar-refractivity contribution is -0.161. The highest BCUT2D eigenvalue weighted by Gasteiger charge is 2.29. The number of hydrogen-bond donors (Lipinski definition) is 4. The Morgan fingerprint density at radius 3 is 0.897 bits per heavy atom. The van der Waals surface area contributed by atoms with Gasteiger partial charge in [-0.05, 0) is 128 Å². The number of carbonyl (C=O) groups is 3. The van der Waals surface area contributed by atoms with E-state index in [4.69, 9.17) is 32.3 Å². The second-order valence-corrected chi connectivity index (χ2v) is 28.3. The molecule has 0 aromatic rings.